The number of nitrogens with two attached hydrogens (primary N) is 1. The third-order valence-corrected chi connectivity index (χ3v) is 3.37. The van der Waals surface area contributed by atoms with Crippen molar-refractivity contribution in [1.82, 2.24) is 5.16 Å². The third kappa shape index (κ3) is 2.84. The van der Waals surface area contributed by atoms with Crippen LogP contribution in [0.4, 0.5) is 0 Å². The van der Waals surface area contributed by atoms with Crippen molar-refractivity contribution in [3.63, 3.8) is 0 Å². The van der Waals surface area contributed by atoms with Crippen LogP contribution in [-0.2, 0) is 11.3 Å². The number of aromatic nitrogens is 1. The predicted molar refractivity (Wildman–Crippen MR) is 74.3 cm³/mol. The average Bonchev–Trinajstić information content (AvgIpc) is 3.16. The molecule has 106 valence electrons. The molecule has 1 aromatic heterocycles. The highest BCUT2D eigenvalue weighted by molar-refractivity contribution is 5.65. The Labute approximate surface area is 117 Å². The van der Waals surface area contributed by atoms with Gasteiger partial charge < -0.3 is 19.7 Å². The monoisotopic (exact) mass is 274 g/mol. The molecule has 2 aromatic rings. The van der Waals surface area contributed by atoms with Crippen LogP contribution in [0.15, 0.2) is 34.9 Å². The molecule has 1 aliphatic rings. The third-order valence-electron chi connectivity index (χ3n) is 3.37. The first-order chi connectivity index (χ1) is 9.86. The van der Waals surface area contributed by atoms with Gasteiger partial charge in [0.05, 0.1) is 17.4 Å². The zero-order valence-electron chi connectivity index (χ0n) is 11.2. The quantitative estimate of drug-likeness (QED) is 0.906. The van der Waals surface area contributed by atoms with Crippen molar-refractivity contribution in [3.05, 3.63) is 36.0 Å². The molecule has 0 aliphatic carbocycles. The van der Waals surface area contributed by atoms with E-state index in [0.29, 0.717) is 18.9 Å². The predicted octanol–water partition coefficient (Wildman–Crippen LogP) is 2.36. The van der Waals surface area contributed by atoms with Crippen LogP contribution >= 0.6 is 0 Å². The van der Waals surface area contributed by atoms with Gasteiger partial charge in [-0.15, -0.1) is 0 Å². The van der Waals surface area contributed by atoms with E-state index in [9.17, 15) is 0 Å². The van der Waals surface area contributed by atoms with Crippen LogP contribution in [0.5, 0.6) is 5.75 Å². The van der Waals surface area contributed by atoms with Crippen molar-refractivity contribution in [2.75, 3.05) is 13.2 Å². The molecule has 1 fully saturated rings. The smallest absolute Gasteiger partial charge is 0.170 e. The molecule has 3 rings (SSSR count). The Morgan fingerprint density at radius 2 is 2.25 bits per heavy atom. The lowest BCUT2D eigenvalue weighted by Crippen LogP contribution is -2.16. The van der Waals surface area contributed by atoms with Gasteiger partial charge in [-0.25, -0.2) is 0 Å². The molecular weight excluding hydrogens is 256 g/mol. The fourth-order valence-electron chi connectivity index (χ4n) is 2.29. The van der Waals surface area contributed by atoms with Crippen LogP contribution in [0.3, 0.4) is 0 Å². The summed E-state index contributed by atoms with van der Waals surface area (Å²) in [7, 11) is 0. The van der Waals surface area contributed by atoms with Gasteiger partial charge in [0.25, 0.3) is 0 Å². The second-order valence-corrected chi connectivity index (χ2v) is 4.83. The van der Waals surface area contributed by atoms with Gasteiger partial charge in [-0.3, -0.25) is 0 Å². The summed E-state index contributed by atoms with van der Waals surface area (Å²) < 4.78 is 16.8. The normalized spacial score (nSPS) is 18.4. The maximum Gasteiger partial charge on any atom is 0.170 e. The van der Waals surface area contributed by atoms with E-state index in [1.807, 2.05) is 30.3 Å². The Hall–Kier alpha value is -1.85. The van der Waals surface area contributed by atoms with E-state index in [-0.39, 0.29) is 6.10 Å². The second kappa shape index (κ2) is 6.07. The van der Waals surface area contributed by atoms with Gasteiger partial charge in [0.15, 0.2) is 5.76 Å². The van der Waals surface area contributed by atoms with Gasteiger partial charge in [-0.2, -0.15) is 0 Å². The highest BCUT2D eigenvalue weighted by Gasteiger charge is 2.17. The van der Waals surface area contributed by atoms with Gasteiger partial charge in [-0.1, -0.05) is 17.3 Å². The SMILES string of the molecule is NCc1cc(-c2ccccc2OCC2CCCO2)on1. The molecule has 1 saturated heterocycles. The van der Waals surface area contributed by atoms with Gasteiger partial charge in [-0.05, 0) is 25.0 Å². The molecule has 0 bridgehead atoms. The Morgan fingerprint density at radius 1 is 1.35 bits per heavy atom. The summed E-state index contributed by atoms with van der Waals surface area (Å²) in [6.07, 6.45) is 2.36. The van der Waals surface area contributed by atoms with E-state index in [1.165, 1.54) is 0 Å². The highest BCUT2D eigenvalue weighted by atomic mass is 16.5. The second-order valence-electron chi connectivity index (χ2n) is 4.83. The van der Waals surface area contributed by atoms with Gasteiger partial charge in [0, 0.05) is 19.2 Å². The van der Waals surface area contributed by atoms with Crippen LogP contribution in [0.2, 0.25) is 0 Å². The minimum absolute atomic E-state index is 0.192. The summed E-state index contributed by atoms with van der Waals surface area (Å²) in [5.74, 6) is 1.45. The summed E-state index contributed by atoms with van der Waals surface area (Å²) in [6.45, 7) is 1.76. The summed E-state index contributed by atoms with van der Waals surface area (Å²) in [4.78, 5) is 0. The molecule has 0 spiro atoms. The minimum atomic E-state index is 0.192. The number of nitrogens with zero attached hydrogens (tertiary/aromatic N) is 1. The fourth-order valence-corrected chi connectivity index (χ4v) is 2.29. The molecular formula is C15H18N2O3. The maximum atomic E-state index is 5.87. The van der Waals surface area contributed by atoms with Crippen LogP contribution in [-0.4, -0.2) is 24.5 Å². The fraction of sp³-hybridized carbons (Fsp3) is 0.400. The molecule has 0 amide bonds. The van der Waals surface area contributed by atoms with Crippen molar-refractivity contribution in [2.45, 2.75) is 25.5 Å². The van der Waals surface area contributed by atoms with Gasteiger partial charge in [0.2, 0.25) is 0 Å². The summed E-state index contributed by atoms with van der Waals surface area (Å²) in [5.41, 5.74) is 7.17. The van der Waals surface area contributed by atoms with Crippen LogP contribution in [0, 0.1) is 0 Å². The average molecular weight is 274 g/mol. The Morgan fingerprint density at radius 3 is 3.00 bits per heavy atom. The molecule has 0 radical (unpaired) electrons. The van der Waals surface area contributed by atoms with Crippen LogP contribution in [0.1, 0.15) is 18.5 Å². The van der Waals surface area contributed by atoms with Crippen molar-refractivity contribution in [3.8, 4) is 17.1 Å². The first kappa shape index (κ1) is 13.1. The first-order valence-electron chi connectivity index (χ1n) is 6.86. The number of ether oxygens (including phenoxy) is 2. The van der Waals surface area contributed by atoms with E-state index in [0.717, 1.165) is 36.5 Å². The largest absolute Gasteiger partial charge is 0.490 e. The number of rotatable bonds is 5. The topological polar surface area (TPSA) is 70.5 Å². The maximum absolute atomic E-state index is 5.87. The number of hydrogen-bond acceptors (Lipinski definition) is 5. The van der Waals surface area contributed by atoms with Gasteiger partial charge in [0.1, 0.15) is 12.4 Å². The molecule has 20 heavy (non-hydrogen) atoms. The van der Waals surface area contributed by atoms with E-state index in [2.05, 4.69) is 5.16 Å². The molecule has 1 aromatic carbocycles. The van der Waals surface area contributed by atoms with Crippen molar-refractivity contribution < 1.29 is 14.0 Å². The molecule has 1 aliphatic heterocycles. The Bertz CT molecular complexity index is 562. The lowest BCUT2D eigenvalue weighted by Gasteiger charge is -2.13. The van der Waals surface area contributed by atoms with E-state index in [4.69, 9.17) is 19.7 Å². The zero-order valence-corrected chi connectivity index (χ0v) is 11.2. The molecule has 2 heterocycles. The summed E-state index contributed by atoms with van der Waals surface area (Å²) in [6, 6.07) is 9.60. The van der Waals surface area contributed by atoms with Crippen molar-refractivity contribution >= 4 is 0 Å². The Balaban J connectivity index is 1.76. The van der Waals surface area contributed by atoms with E-state index in [1.54, 1.807) is 0 Å². The number of benzene rings is 1. The lowest BCUT2D eigenvalue weighted by molar-refractivity contribution is 0.0681. The summed E-state index contributed by atoms with van der Waals surface area (Å²) >= 11 is 0. The Kier molecular flexibility index (Phi) is 3.99. The molecule has 1 atom stereocenters. The zero-order chi connectivity index (χ0) is 13.8. The van der Waals surface area contributed by atoms with Crippen LogP contribution in [0.25, 0.3) is 11.3 Å². The minimum Gasteiger partial charge on any atom is -0.490 e. The van der Waals surface area contributed by atoms with Gasteiger partial charge >= 0.3 is 0 Å². The van der Waals surface area contributed by atoms with Crippen LogP contribution < -0.4 is 10.5 Å². The molecule has 1 unspecified atom stereocenters. The van der Waals surface area contributed by atoms with Crippen molar-refractivity contribution in [2.24, 2.45) is 5.73 Å². The molecule has 2 N–H and O–H groups in total. The standard InChI is InChI=1S/C15H18N2O3/c16-9-11-8-15(20-17-11)13-5-1-2-6-14(13)19-10-12-4-3-7-18-12/h1-2,5-6,8,12H,3-4,7,9-10,16H2. The molecule has 0 saturated carbocycles. The van der Waals surface area contributed by atoms with E-state index >= 15 is 0 Å². The summed E-state index contributed by atoms with van der Waals surface area (Å²) in [5, 5.41) is 3.91. The number of hydrogen-bond donors (Lipinski definition) is 1. The van der Waals surface area contributed by atoms with E-state index < -0.39 is 0 Å². The molecule has 5 nitrogen and oxygen atoms in total. The lowest BCUT2D eigenvalue weighted by atomic mass is 10.1. The molecule has 5 heteroatoms. The first-order valence-corrected chi connectivity index (χ1v) is 6.86. The van der Waals surface area contributed by atoms with Crippen molar-refractivity contribution in [1.29, 1.82) is 0 Å². The highest BCUT2D eigenvalue weighted by Crippen LogP contribution is 2.30. The number of para-hydroxylation sites is 1.